The summed E-state index contributed by atoms with van der Waals surface area (Å²) < 4.78 is 26.9. The van der Waals surface area contributed by atoms with Gasteiger partial charge in [0.25, 0.3) is 5.69 Å². The zero-order valence-corrected chi connectivity index (χ0v) is 37.2. The lowest BCUT2D eigenvalue weighted by Crippen LogP contribution is -2.69. The Hall–Kier alpha value is -6.54. The molecule has 6 atom stereocenters. The summed E-state index contributed by atoms with van der Waals surface area (Å²) in [6, 6.07) is 34.8. The van der Waals surface area contributed by atoms with Crippen LogP contribution in [0.1, 0.15) is 67.6 Å². The number of aliphatic hydroxyl groups excluding tert-OH is 2. The number of oxime groups is 1. The summed E-state index contributed by atoms with van der Waals surface area (Å²) in [7, 11) is 1.69. The second-order valence-corrected chi connectivity index (χ2v) is 17.2. The number of unbranched alkanes of at least 4 members (excludes halogenated alkanes) is 2. The van der Waals surface area contributed by atoms with Gasteiger partial charge in [-0.15, -0.1) is 6.58 Å². The summed E-state index contributed by atoms with van der Waals surface area (Å²) >= 11 is 0. The van der Waals surface area contributed by atoms with E-state index < -0.39 is 28.8 Å². The summed E-state index contributed by atoms with van der Waals surface area (Å²) in [6.07, 6.45) is 7.91. The zero-order chi connectivity index (χ0) is 46.0. The molecule has 1 fully saturated rings. The number of nitro benzene ring substituents is 1. The number of hydrogen-bond donors (Lipinski definition) is 2. The second-order valence-electron chi connectivity index (χ2n) is 17.2. The molecule has 66 heavy (non-hydrogen) atoms. The van der Waals surface area contributed by atoms with E-state index in [-0.39, 0.29) is 62.9 Å². The van der Waals surface area contributed by atoms with E-state index in [0.29, 0.717) is 41.4 Å². The van der Waals surface area contributed by atoms with Crippen LogP contribution in [-0.4, -0.2) is 70.5 Å². The van der Waals surface area contributed by atoms with Crippen LogP contribution in [0.3, 0.4) is 0 Å². The van der Waals surface area contributed by atoms with Gasteiger partial charge in [0.05, 0.1) is 23.2 Å². The molecule has 5 aromatic carbocycles. The molecule has 13 nitrogen and oxygen atoms in total. The van der Waals surface area contributed by atoms with Crippen LogP contribution in [0.25, 0.3) is 10.8 Å². The van der Waals surface area contributed by atoms with Crippen LogP contribution >= 0.6 is 0 Å². The number of rotatable bonds is 20. The van der Waals surface area contributed by atoms with Crippen LogP contribution in [0.4, 0.5) is 10.5 Å². The highest BCUT2D eigenvalue weighted by molar-refractivity contribution is 6.03. The molecule has 0 saturated heterocycles. The van der Waals surface area contributed by atoms with E-state index >= 15 is 0 Å². The normalized spacial score (nSPS) is 22.3. The molecule has 5 aromatic rings. The van der Waals surface area contributed by atoms with E-state index in [9.17, 15) is 25.1 Å². The third-order valence-electron chi connectivity index (χ3n) is 13.1. The molecule has 1 heterocycles. The van der Waals surface area contributed by atoms with Gasteiger partial charge in [-0.2, -0.15) is 0 Å². The van der Waals surface area contributed by atoms with Gasteiger partial charge in [-0.05, 0) is 107 Å². The maximum absolute atomic E-state index is 14.3. The number of fused-ring (bicyclic) bond motifs is 3. The van der Waals surface area contributed by atoms with Gasteiger partial charge in [0.2, 0.25) is 5.79 Å². The summed E-state index contributed by atoms with van der Waals surface area (Å²) in [6.45, 7) is 4.35. The van der Waals surface area contributed by atoms with Gasteiger partial charge in [0.1, 0.15) is 36.5 Å². The Kier molecular flexibility index (Phi) is 14.8. The Morgan fingerprint density at radius 3 is 2.32 bits per heavy atom. The van der Waals surface area contributed by atoms with Gasteiger partial charge < -0.3 is 38.9 Å². The van der Waals surface area contributed by atoms with Crippen molar-refractivity contribution >= 4 is 28.3 Å². The Morgan fingerprint density at radius 2 is 1.58 bits per heavy atom. The number of hydrogen-bond acceptors (Lipinski definition) is 11. The second kappa shape index (κ2) is 21.2. The average Bonchev–Trinajstić information content (AvgIpc) is 3.34. The molecule has 2 aliphatic carbocycles. The van der Waals surface area contributed by atoms with E-state index in [1.54, 1.807) is 30.2 Å². The van der Waals surface area contributed by atoms with Crippen LogP contribution in [-0.2, 0) is 27.5 Å². The first-order valence-corrected chi connectivity index (χ1v) is 22.8. The van der Waals surface area contributed by atoms with Crippen molar-refractivity contribution in [3.63, 3.8) is 0 Å². The number of carbonyl (C=O) groups excluding carboxylic acids is 1. The summed E-state index contributed by atoms with van der Waals surface area (Å²) in [5, 5.41) is 38.3. The summed E-state index contributed by atoms with van der Waals surface area (Å²) in [4.78, 5) is 32.9. The van der Waals surface area contributed by atoms with Crippen LogP contribution in [0.2, 0.25) is 0 Å². The number of benzene rings is 5. The van der Waals surface area contributed by atoms with Crippen molar-refractivity contribution in [3.8, 4) is 17.2 Å². The number of likely N-dealkylation sites (N-methyl/N-ethyl adjacent to an activating group) is 1. The van der Waals surface area contributed by atoms with Gasteiger partial charge in [0.15, 0.2) is 0 Å². The zero-order valence-electron chi connectivity index (χ0n) is 37.2. The van der Waals surface area contributed by atoms with Crippen molar-refractivity contribution in [1.29, 1.82) is 0 Å². The van der Waals surface area contributed by atoms with E-state index in [1.807, 2.05) is 72.8 Å². The first-order chi connectivity index (χ1) is 32.2. The minimum Gasteiger partial charge on any atom is -0.459 e. The van der Waals surface area contributed by atoms with Crippen LogP contribution in [0.5, 0.6) is 17.2 Å². The summed E-state index contributed by atoms with van der Waals surface area (Å²) in [5.41, 5.74) is 3.90. The Labute approximate surface area is 385 Å². The fourth-order valence-electron chi connectivity index (χ4n) is 10.0. The van der Waals surface area contributed by atoms with Crippen LogP contribution < -0.4 is 9.47 Å². The smallest absolute Gasteiger partial charge is 0.410 e. The lowest BCUT2D eigenvalue weighted by atomic mass is 9.55. The molecular weight excluding hydrogens is 839 g/mol. The Balaban J connectivity index is 1.26. The molecule has 0 spiro atoms. The topological polar surface area (TPSA) is 162 Å². The minimum atomic E-state index is -1.47. The minimum absolute atomic E-state index is 0.00522. The lowest BCUT2D eigenvalue weighted by Gasteiger charge is -2.59. The number of amides is 1. The highest BCUT2D eigenvalue weighted by Gasteiger charge is 2.65. The highest BCUT2D eigenvalue weighted by Crippen LogP contribution is 2.62. The van der Waals surface area contributed by atoms with Crippen molar-refractivity contribution in [2.24, 2.45) is 22.9 Å². The molecule has 2 N–H and O–H groups in total. The van der Waals surface area contributed by atoms with Crippen LogP contribution in [0, 0.1) is 27.9 Å². The highest BCUT2D eigenvalue weighted by atomic mass is 16.7. The molecule has 0 aromatic heterocycles. The van der Waals surface area contributed by atoms with Crippen molar-refractivity contribution < 1.29 is 43.7 Å². The largest absolute Gasteiger partial charge is 0.459 e. The first kappa shape index (κ1) is 46.0. The lowest BCUT2D eigenvalue weighted by molar-refractivity contribution is -0.384. The summed E-state index contributed by atoms with van der Waals surface area (Å²) in [5.74, 6) is -0.348. The number of nitrogens with zero attached hydrogens (tertiary/aromatic N) is 3. The SMILES string of the molecule is C=CCO[C@@]12Oc3ccc(Oc4ccc5ccccc5c4)cc3[C@H]3[C@H](CCCCO)[C@@H](CCCCO)C=C(C(=NOCc4ccc([N+](=O)[O-])cc4)C[C@@H]1N(C)C(=O)OCc1ccccc1)[C@H]32. The van der Waals surface area contributed by atoms with Crippen molar-refractivity contribution in [2.75, 3.05) is 26.9 Å². The van der Waals surface area contributed by atoms with Gasteiger partial charge in [-0.3, -0.25) is 10.1 Å². The quantitative estimate of drug-likeness (QED) is 0.0333. The monoisotopic (exact) mass is 895 g/mol. The van der Waals surface area contributed by atoms with Crippen LogP contribution in [0.15, 0.2) is 145 Å². The molecule has 1 amide bonds. The number of ether oxygens (including phenoxy) is 4. The number of aliphatic hydroxyl groups is 2. The van der Waals surface area contributed by atoms with Crippen molar-refractivity contribution in [2.45, 2.75) is 75.9 Å². The molecule has 8 rings (SSSR count). The van der Waals surface area contributed by atoms with Crippen molar-refractivity contribution in [1.82, 2.24) is 4.90 Å². The molecule has 0 radical (unpaired) electrons. The van der Waals surface area contributed by atoms with Gasteiger partial charge in [-0.1, -0.05) is 90.8 Å². The third kappa shape index (κ3) is 9.98. The molecule has 344 valence electrons. The Morgan fingerprint density at radius 1 is 0.879 bits per heavy atom. The van der Waals surface area contributed by atoms with Gasteiger partial charge in [0, 0.05) is 50.3 Å². The molecular formula is C53H57N3O10. The number of carbonyl (C=O) groups is 1. The van der Waals surface area contributed by atoms with Crippen molar-refractivity contribution in [3.05, 3.63) is 166 Å². The molecule has 0 unspecified atom stereocenters. The number of non-ortho nitro benzene ring substituents is 1. The maximum Gasteiger partial charge on any atom is 0.410 e. The number of nitro groups is 1. The molecule has 1 aliphatic heterocycles. The molecule has 0 bridgehead atoms. The fraction of sp³-hybridized carbons (Fsp3) is 0.358. The predicted molar refractivity (Wildman–Crippen MR) is 251 cm³/mol. The van der Waals surface area contributed by atoms with E-state index in [1.165, 1.54) is 12.1 Å². The average molecular weight is 896 g/mol. The number of allylic oxidation sites excluding steroid dienone is 1. The predicted octanol–water partition coefficient (Wildman–Crippen LogP) is 10.6. The molecule has 13 heteroatoms. The van der Waals surface area contributed by atoms with E-state index in [0.717, 1.165) is 53.2 Å². The maximum atomic E-state index is 14.3. The van der Waals surface area contributed by atoms with E-state index in [2.05, 4.69) is 30.9 Å². The van der Waals surface area contributed by atoms with Gasteiger partial charge in [-0.25, -0.2) is 4.79 Å². The van der Waals surface area contributed by atoms with Gasteiger partial charge >= 0.3 is 6.09 Å². The van der Waals surface area contributed by atoms with E-state index in [4.69, 9.17) is 28.9 Å². The fourth-order valence-corrected chi connectivity index (χ4v) is 10.0. The Bertz CT molecular complexity index is 2550. The molecule has 1 saturated carbocycles. The first-order valence-electron chi connectivity index (χ1n) is 22.8. The third-order valence-corrected chi connectivity index (χ3v) is 13.1. The standard InChI is InChI=1S/C53H57N3O10/c1-3-29-63-53-49(55(2)52(59)62-34-36-13-5-4-6-14-36)33-47(54-64-35-37-19-22-41(23-20-37)56(60)61)45-31-40(17-9-11-27-57)44(18-10-12-28-58)50(51(45)53)46-32-43(25-26-48(46)66-53)65-42-24-21-38-15-7-8-16-39(38)30-42/h3-8,13-16,19-26,30-32,40,44,49-51,57-58H,1,9-12,17-18,27-29,33-35H2,2H3/t40-,44+,49-,50+,51+,53+/m0/s1. The molecule has 3 aliphatic rings.